The Balaban J connectivity index is 1.88. The van der Waals surface area contributed by atoms with Gasteiger partial charge in [-0.3, -0.25) is 0 Å². The van der Waals surface area contributed by atoms with Crippen molar-refractivity contribution in [1.82, 2.24) is 10.6 Å². The van der Waals surface area contributed by atoms with E-state index in [1.807, 2.05) is 25.1 Å². The number of guanidine groups is 1. The summed E-state index contributed by atoms with van der Waals surface area (Å²) in [4.78, 5) is 4.64. The van der Waals surface area contributed by atoms with Gasteiger partial charge in [-0.2, -0.15) is 0 Å². The lowest BCUT2D eigenvalue weighted by atomic mass is 10.2. The summed E-state index contributed by atoms with van der Waals surface area (Å²) in [6.45, 7) is 8.49. The van der Waals surface area contributed by atoms with Gasteiger partial charge in [-0.15, -0.1) is 0 Å². The SMILES string of the molecule is CCNC(=NCc1ccccc1OCC1CC1)NCCOCC. The fraction of sp³-hybridized carbons (Fsp3) is 0.611. The van der Waals surface area contributed by atoms with Crippen LogP contribution in [0.15, 0.2) is 29.3 Å². The fourth-order valence-corrected chi connectivity index (χ4v) is 2.16. The first kappa shape index (κ1) is 17.6. The zero-order chi connectivity index (χ0) is 16.3. The van der Waals surface area contributed by atoms with Gasteiger partial charge in [0.1, 0.15) is 5.75 Å². The molecule has 0 bridgehead atoms. The Bertz CT molecular complexity index is 487. The highest BCUT2D eigenvalue weighted by atomic mass is 16.5. The molecule has 1 aliphatic carbocycles. The predicted molar refractivity (Wildman–Crippen MR) is 94.0 cm³/mol. The summed E-state index contributed by atoms with van der Waals surface area (Å²) < 4.78 is 11.3. The Hall–Kier alpha value is -1.75. The van der Waals surface area contributed by atoms with Crippen molar-refractivity contribution in [1.29, 1.82) is 0 Å². The molecule has 1 aromatic carbocycles. The van der Waals surface area contributed by atoms with Crippen LogP contribution in [0.3, 0.4) is 0 Å². The Morgan fingerprint density at radius 2 is 2.04 bits per heavy atom. The molecule has 0 amide bonds. The maximum atomic E-state index is 5.94. The van der Waals surface area contributed by atoms with E-state index < -0.39 is 0 Å². The van der Waals surface area contributed by atoms with Crippen molar-refractivity contribution in [2.45, 2.75) is 33.2 Å². The number of hydrogen-bond donors (Lipinski definition) is 2. The van der Waals surface area contributed by atoms with E-state index in [1.165, 1.54) is 12.8 Å². The van der Waals surface area contributed by atoms with Crippen molar-refractivity contribution in [2.75, 3.05) is 32.9 Å². The quantitative estimate of drug-likeness (QED) is 0.395. The summed E-state index contributed by atoms with van der Waals surface area (Å²) in [7, 11) is 0. The molecule has 1 aliphatic rings. The van der Waals surface area contributed by atoms with Crippen LogP contribution in [0.4, 0.5) is 0 Å². The molecule has 1 fully saturated rings. The van der Waals surface area contributed by atoms with Crippen LogP contribution in [0.25, 0.3) is 0 Å². The highest BCUT2D eigenvalue weighted by Crippen LogP contribution is 2.30. The minimum Gasteiger partial charge on any atom is -0.493 e. The van der Waals surface area contributed by atoms with Crippen molar-refractivity contribution < 1.29 is 9.47 Å². The van der Waals surface area contributed by atoms with E-state index >= 15 is 0 Å². The first-order valence-corrected chi connectivity index (χ1v) is 8.64. The Morgan fingerprint density at radius 1 is 1.22 bits per heavy atom. The van der Waals surface area contributed by atoms with Crippen molar-refractivity contribution >= 4 is 5.96 Å². The molecule has 2 rings (SSSR count). The number of hydrogen-bond acceptors (Lipinski definition) is 3. The molecule has 1 aromatic rings. The molecule has 5 heteroatoms. The maximum absolute atomic E-state index is 5.94. The standard InChI is InChI=1S/C18H29N3O2/c1-3-19-18(20-11-12-22-4-2)21-13-16-7-5-6-8-17(16)23-14-15-9-10-15/h5-8,15H,3-4,9-14H2,1-2H3,(H2,19,20,21). The Labute approximate surface area is 139 Å². The van der Waals surface area contributed by atoms with Crippen LogP contribution in [0.2, 0.25) is 0 Å². The summed E-state index contributed by atoms with van der Waals surface area (Å²) in [5, 5.41) is 6.53. The molecule has 0 unspecified atom stereocenters. The molecule has 0 radical (unpaired) electrons. The number of aliphatic imine (C=N–C) groups is 1. The van der Waals surface area contributed by atoms with Gasteiger partial charge < -0.3 is 20.1 Å². The summed E-state index contributed by atoms with van der Waals surface area (Å²) in [5.41, 5.74) is 1.12. The summed E-state index contributed by atoms with van der Waals surface area (Å²) in [5.74, 6) is 2.52. The molecule has 2 N–H and O–H groups in total. The van der Waals surface area contributed by atoms with Crippen LogP contribution in [0.1, 0.15) is 32.3 Å². The summed E-state index contributed by atoms with van der Waals surface area (Å²) in [6.07, 6.45) is 2.60. The highest BCUT2D eigenvalue weighted by Gasteiger charge is 2.22. The smallest absolute Gasteiger partial charge is 0.191 e. The predicted octanol–water partition coefficient (Wildman–Crippen LogP) is 2.57. The van der Waals surface area contributed by atoms with Crippen LogP contribution in [-0.4, -0.2) is 38.9 Å². The monoisotopic (exact) mass is 319 g/mol. The molecule has 1 saturated carbocycles. The second-order valence-corrected chi connectivity index (χ2v) is 5.68. The molecule has 0 heterocycles. The molecular weight excluding hydrogens is 290 g/mol. The van der Waals surface area contributed by atoms with Gasteiger partial charge in [-0.1, -0.05) is 18.2 Å². The maximum Gasteiger partial charge on any atom is 0.191 e. The van der Waals surface area contributed by atoms with E-state index in [0.29, 0.717) is 13.2 Å². The molecule has 0 saturated heterocycles. The van der Waals surface area contributed by atoms with Gasteiger partial charge in [0, 0.05) is 25.3 Å². The number of para-hydroxylation sites is 1. The van der Waals surface area contributed by atoms with E-state index in [9.17, 15) is 0 Å². The van der Waals surface area contributed by atoms with Crippen molar-refractivity contribution in [3.8, 4) is 5.75 Å². The van der Waals surface area contributed by atoms with E-state index in [-0.39, 0.29) is 0 Å². The first-order chi connectivity index (χ1) is 11.3. The lowest BCUT2D eigenvalue weighted by Gasteiger charge is -2.13. The van der Waals surface area contributed by atoms with Gasteiger partial charge >= 0.3 is 0 Å². The second-order valence-electron chi connectivity index (χ2n) is 5.68. The van der Waals surface area contributed by atoms with Gasteiger partial charge in [-0.25, -0.2) is 4.99 Å². The third-order valence-electron chi connectivity index (χ3n) is 3.64. The van der Waals surface area contributed by atoms with Crippen LogP contribution in [0.5, 0.6) is 5.75 Å². The molecule has 0 aromatic heterocycles. The summed E-state index contributed by atoms with van der Waals surface area (Å²) >= 11 is 0. The van der Waals surface area contributed by atoms with Crippen LogP contribution >= 0.6 is 0 Å². The molecule has 0 spiro atoms. The van der Waals surface area contributed by atoms with Crippen molar-refractivity contribution in [2.24, 2.45) is 10.9 Å². The highest BCUT2D eigenvalue weighted by molar-refractivity contribution is 5.79. The molecule has 128 valence electrons. The van der Waals surface area contributed by atoms with Gasteiger partial charge in [0.2, 0.25) is 0 Å². The average Bonchev–Trinajstić information content (AvgIpc) is 3.39. The summed E-state index contributed by atoms with van der Waals surface area (Å²) in [6, 6.07) is 8.16. The Morgan fingerprint density at radius 3 is 2.78 bits per heavy atom. The average molecular weight is 319 g/mol. The third kappa shape index (κ3) is 6.91. The second kappa shape index (κ2) is 10.1. The number of ether oxygens (including phenoxy) is 2. The van der Waals surface area contributed by atoms with Crippen LogP contribution < -0.4 is 15.4 Å². The molecule has 23 heavy (non-hydrogen) atoms. The molecule has 0 aliphatic heterocycles. The lowest BCUT2D eigenvalue weighted by Crippen LogP contribution is -2.39. The number of rotatable bonds is 10. The van der Waals surface area contributed by atoms with Gasteiger partial charge in [0.05, 0.1) is 19.8 Å². The van der Waals surface area contributed by atoms with Crippen LogP contribution in [0, 0.1) is 5.92 Å². The topological polar surface area (TPSA) is 54.9 Å². The van der Waals surface area contributed by atoms with Crippen molar-refractivity contribution in [3.63, 3.8) is 0 Å². The molecular formula is C18H29N3O2. The minimum absolute atomic E-state index is 0.602. The fourth-order valence-electron chi connectivity index (χ4n) is 2.16. The Kier molecular flexibility index (Phi) is 7.73. The lowest BCUT2D eigenvalue weighted by molar-refractivity contribution is 0.152. The van der Waals surface area contributed by atoms with E-state index in [2.05, 4.69) is 28.6 Å². The molecule has 0 atom stereocenters. The van der Waals surface area contributed by atoms with E-state index in [1.54, 1.807) is 0 Å². The zero-order valence-electron chi connectivity index (χ0n) is 14.3. The van der Waals surface area contributed by atoms with Crippen LogP contribution in [-0.2, 0) is 11.3 Å². The van der Waals surface area contributed by atoms with E-state index in [4.69, 9.17) is 9.47 Å². The number of benzene rings is 1. The minimum atomic E-state index is 0.602. The number of nitrogens with zero attached hydrogens (tertiary/aromatic N) is 1. The number of nitrogens with one attached hydrogen (secondary N) is 2. The first-order valence-electron chi connectivity index (χ1n) is 8.64. The van der Waals surface area contributed by atoms with E-state index in [0.717, 1.165) is 49.5 Å². The van der Waals surface area contributed by atoms with Crippen molar-refractivity contribution in [3.05, 3.63) is 29.8 Å². The molecule has 5 nitrogen and oxygen atoms in total. The normalized spacial score (nSPS) is 14.6. The third-order valence-corrected chi connectivity index (χ3v) is 3.64. The zero-order valence-corrected chi connectivity index (χ0v) is 14.3. The largest absolute Gasteiger partial charge is 0.493 e. The van der Waals surface area contributed by atoms with Gasteiger partial charge in [-0.05, 0) is 38.7 Å². The van der Waals surface area contributed by atoms with Gasteiger partial charge in [0.15, 0.2) is 5.96 Å². The van der Waals surface area contributed by atoms with Gasteiger partial charge in [0.25, 0.3) is 0 Å².